The molecule has 1 aliphatic carbocycles. The number of nitrogens with zero attached hydrogens (tertiary/aromatic N) is 1. The molecule has 0 saturated heterocycles. The molecule has 1 aromatic rings. The summed E-state index contributed by atoms with van der Waals surface area (Å²) in [6, 6.07) is 0. The summed E-state index contributed by atoms with van der Waals surface area (Å²) in [4.78, 5) is 4.69. The van der Waals surface area contributed by atoms with Crippen molar-refractivity contribution >= 4 is 24.0 Å². The van der Waals surface area contributed by atoms with Gasteiger partial charge in [-0.1, -0.05) is 19.3 Å². The Hall–Kier alpha value is -0.0200. The van der Waals surface area contributed by atoms with Gasteiger partial charge in [0.05, 0.1) is 10.7 Å². The van der Waals surface area contributed by atoms with Crippen LogP contribution in [0, 0.1) is 0 Å². The molecule has 1 aliphatic rings. The van der Waals surface area contributed by atoms with E-state index in [9.17, 15) is 0 Å². The van der Waals surface area contributed by atoms with E-state index < -0.39 is 0 Å². The van der Waals surface area contributed by atoms with Crippen LogP contribution in [0.4, 0.5) is 0 Å². The van der Waals surface area contributed by atoms with Crippen LogP contribution < -0.4 is 0 Å². The van der Waals surface area contributed by atoms with E-state index in [0.29, 0.717) is 0 Å². The van der Waals surface area contributed by atoms with Crippen molar-refractivity contribution in [3.8, 4) is 0 Å². The van der Waals surface area contributed by atoms with Gasteiger partial charge in [0, 0.05) is 11.3 Å². The van der Waals surface area contributed by atoms with E-state index in [4.69, 9.17) is 4.98 Å². The first kappa shape index (κ1) is 10.5. The fourth-order valence-electron chi connectivity index (χ4n) is 2.09. The first-order valence-corrected chi connectivity index (χ1v) is 6.96. The molecule has 0 aromatic carbocycles. The van der Waals surface area contributed by atoms with Crippen LogP contribution in [0.2, 0.25) is 0 Å². The van der Waals surface area contributed by atoms with E-state index in [1.165, 1.54) is 42.8 Å². The van der Waals surface area contributed by atoms with Crippen molar-refractivity contribution in [3.05, 3.63) is 16.1 Å². The molecule has 0 amide bonds. The monoisotopic (exact) mass is 227 g/mol. The number of thiol groups is 1. The average molecular weight is 227 g/mol. The van der Waals surface area contributed by atoms with Crippen LogP contribution in [-0.2, 0) is 6.42 Å². The summed E-state index contributed by atoms with van der Waals surface area (Å²) in [5, 5.41) is 3.58. The normalized spacial score (nSPS) is 18.6. The second-order valence-electron chi connectivity index (χ2n) is 3.99. The van der Waals surface area contributed by atoms with Crippen molar-refractivity contribution < 1.29 is 0 Å². The molecule has 0 bridgehead atoms. The maximum Gasteiger partial charge on any atom is 0.0959 e. The van der Waals surface area contributed by atoms with Crippen molar-refractivity contribution in [2.75, 3.05) is 5.75 Å². The highest BCUT2D eigenvalue weighted by molar-refractivity contribution is 7.80. The van der Waals surface area contributed by atoms with Gasteiger partial charge in [0.2, 0.25) is 0 Å². The maximum atomic E-state index is 4.69. The van der Waals surface area contributed by atoms with Crippen LogP contribution >= 0.6 is 24.0 Å². The van der Waals surface area contributed by atoms with Gasteiger partial charge in [-0.05, 0) is 25.0 Å². The van der Waals surface area contributed by atoms with Gasteiger partial charge >= 0.3 is 0 Å². The number of thiazole rings is 1. The molecule has 1 fully saturated rings. The Morgan fingerprint density at radius 3 is 2.86 bits per heavy atom. The second kappa shape index (κ2) is 5.17. The van der Waals surface area contributed by atoms with E-state index in [-0.39, 0.29) is 0 Å². The maximum absolute atomic E-state index is 4.69. The minimum absolute atomic E-state index is 0.766. The highest BCUT2D eigenvalue weighted by Crippen LogP contribution is 2.34. The zero-order valence-corrected chi connectivity index (χ0v) is 10.1. The van der Waals surface area contributed by atoms with E-state index in [1.807, 2.05) is 11.3 Å². The molecule has 1 nitrogen and oxygen atoms in total. The first-order chi connectivity index (χ1) is 6.90. The molecule has 0 unspecified atom stereocenters. The Balaban J connectivity index is 2.00. The Bertz CT molecular complexity index is 277. The number of aromatic nitrogens is 1. The third-order valence-electron chi connectivity index (χ3n) is 2.89. The van der Waals surface area contributed by atoms with Crippen molar-refractivity contribution in [1.29, 1.82) is 0 Å². The molecular weight excluding hydrogens is 210 g/mol. The minimum atomic E-state index is 0.766. The van der Waals surface area contributed by atoms with E-state index in [0.717, 1.165) is 18.1 Å². The predicted molar refractivity (Wildman–Crippen MR) is 65.5 cm³/mol. The molecular formula is C11H17NS2. The van der Waals surface area contributed by atoms with Gasteiger partial charge in [-0.15, -0.1) is 11.3 Å². The SMILES string of the molecule is SCCc1csc(C2CCCCC2)n1. The predicted octanol–water partition coefficient (Wildman–Crippen LogP) is 3.66. The van der Waals surface area contributed by atoms with Crippen molar-refractivity contribution in [2.24, 2.45) is 0 Å². The van der Waals surface area contributed by atoms with Crippen LogP contribution in [0.25, 0.3) is 0 Å². The van der Waals surface area contributed by atoms with E-state index in [1.54, 1.807) is 0 Å². The quantitative estimate of drug-likeness (QED) is 0.778. The Kier molecular flexibility index (Phi) is 3.88. The van der Waals surface area contributed by atoms with Gasteiger partial charge in [0.1, 0.15) is 0 Å². The molecule has 0 spiro atoms. The van der Waals surface area contributed by atoms with Gasteiger partial charge in [-0.3, -0.25) is 0 Å². The van der Waals surface area contributed by atoms with E-state index >= 15 is 0 Å². The third kappa shape index (κ3) is 2.51. The van der Waals surface area contributed by atoms with Gasteiger partial charge in [-0.2, -0.15) is 12.6 Å². The largest absolute Gasteiger partial charge is 0.246 e. The summed E-state index contributed by atoms with van der Waals surface area (Å²) < 4.78 is 0. The van der Waals surface area contributed by atoms with Crippen molar-refractivity contribution in [1.82, 2.24) is 4.98 Å². The van der Waals surface area contributed by atoms with Crippen LogP contribution in [0.3, 0.4) is 0 Å². The molecule has 0 aliphatic heterocycles. The fourth-order valence-corrected chi connectivity index (χ4v) is 3.34. The van der Waals surface area contributed by atoms with Crippen LogP contribution in [0.1, 0.15) is 48.7 Å². The first-order valence-electron chi connectivity index (χ1n) is 5.45. The highest BCUT2D eigenvalue weighted by Gasteiger charge is 2.18. The standard InChI is InChI=1S/C11H17NS2/c13-7-6-10-8-14-11(12-10)9-4-2-1-3-5-9/h8-9,13H,1-7H2. The van der Waals surface area contributed by atoms with Crippen LogP contribution in [0.5, 0.6) is 0 Å². The third-order valence-corrected chi connectivity index (χ3v) is 4.17. The molecule has 0 N–H and O–H groups in total. The van der Waals surface area contributed by atoms with Crippen molar-refractivity contribution in [2.45, 2.75) is 44.4 Å². The average Bonchev–Trinajstić information content (AvgIpc) is 2.68. The molecule has 78 valence electrons. The van der Waals surface area contributed by atoms with Crippen LogP contribution in [0.15, 0.2) is 5.38 Å². The van der Waals surface area contributed by atoms with Gasteiger partial charge in [0.25, 0.3) is 0 Å². The zero-order chi connectivity index (χ0) is 9.80. The lowest BCUT2D eigenvalue weighted by molar-refractivity contribution is 0.442. The molecule has 0 radical (unpaired) electrons. The lowest BCUT2D eigenvalue weighted by atomic mass is 9.90. The van der Waals surface area contributed by atoms with E-state index in [2.05, 4.69) is 18.0 Å². The molecule has 1 saturated carbocycles. The molecule has 1 heterocycles. The smallest absolute Gasteiger partial charge is 0.0959 e. The van der Waals surface area contributed by atoms with Gasteiger partial charge in [0.15, 0.2) is 0 Å². The summed E-state index contributed by atoms with van der Waals surface area (Å²) in [6.45, 7) is 0. The number of hydrogen-bond donors (Lipinski definition) is 1. The summed E-state index contributed by atoms with van der Waals surface area (Å²) >= 11 is 6.08. The lowest BCUT2D eigenvalue weighted by Gasteiger charge is -2.18. The highest BCUT2D eigenvalue weighted by atomic mass is 32.1. The minimum Gasteiger partial charge on any atom is -0.246 e. The summed E-state index contributed by atoms with van der Waals surface area (Å²) in [5.41, 5.74) is 1.24. The van der Waals surface area contributed by atoms with Gasteiger partial charge in [-0.25, -0.2) is 4.98 Å². The summed E-state index contributed by atoms with van der Waals surface area (Å²) in [6.07, 6.45) is 7.94. The topological polar surface area (TPSA) is 12.9 Å². The molecule has 3 heteroatoms. The molecule has 14 heavy (non-hydrogen) atoms. The Morgan fingerprint density at radius 1 is 1.36 bits per heavy atom. The lowest BCUT2D eigenvalue weighted by Crippen LogP contribution is -2.04. The Morgan fingerprint density at radius 2 is 2.14 bits per heavy atom. The number of hydrogen-bond acceptors (Lipinski definition) is 3. The molecule has 0 atom stereocenters. The fraction of sp³-hybridized carbons (Fsp3) is 0.727. The van der Waals surface area contributed by atoms with Crippen molar-refractivity contribution in [3.63, 3.8) is 0 Å². The van der Waals surface area contributed by atoms with Gasteiger partial charge < -0.3 is 0 Å². The number of rotatable bonds is 3. The second-order valence-corrected chi connectivity index (χ2v) is 5.32. The number of aryl methyl sites for hydroxylation is 1. The summed E-state index contributed by atoms with van der Waals surface area (Å²) in [7, 11) is 0. The summed E-state index contributed by atoms with van der Waals surface area (Å²) in [5.74, 6) is 1.68. The Labute approximate surface area is 95.4 Å². The zero-order valence-electron chi connectivity index (χ0n) is 8.41. The molecule has 1 aromatic heterocycles. The molecule has 2 rings (SSSR count). The van der Waals surface area contributed by atoms with Crippen LogP contribution in [-0.4, -0.2) is 10.7 Å².